The number of carbonyl (C=O) groups excluding carboxylic acids is 2. The van der Waals surface area contributed by atoms with Gasteiger partial charge in [-0.1, -0.05) is 6.07 Å². The number of thiophene rings is 1. The van der Waals surface area contributed by atoms with E-state index in [4.69, 9.17) is 9.52 Å². The predicted octanol–water partition coefficient (Wildman–Crippen LogP) is 2.12. The molecule has 0 aliphatic heterocycles. The van der Waals surface area contributed by atoms with E-state index in [1.54, 1.807) is 38.4 Å². The smallest absolute Gasteiger partial charge is 0.339 e. The summed E-state index contributed by atoms with van der Waals surface area (Å²) < 4.78 is 5.36. The zero-order chi connectivity index (χ0) is 17.9. The van der Waals surface area contributed by atoms with Gasteiger partial charge < -0.3 is 19.7 Å². The van der Waals surface area contributed by atoms with Crippen LogP contribution in [-0.2, 0) is 11.3 Å². The molecule has 0 spiro atoms. The largest absolute Gasteiger partial charge is 0.478 e. The summed E-state index contributed by atoms with van der Waals surface area (Å²) in [6, 6.07) is 4.13. The SMILES string of the molecule is Cc1oc(CN(C)C(=O)C(C)NC(=O)c2cccs2)cc1C(=O)O. The second kappa shape index (κ2) is 7.31. The highest BCUT2D eigenvalue weighted by molar-refractivity contribution is 7.12. The first kappa shape index (κ1) is 17.7. The first-order valence-electron chi connectivity index (χ1n) is 7.21. The van der Waals surface area contributed by atoms with Gasteiger partial charge in [0.05, 0.1) is 11.4 Å². The average molecular weight is 350 g/mol. The summed E-state index contributed by atoms with van der Waals surface area (Å²) >= 11 is 1.30. The van der Waals surface area contributed by atoms with Gasteiger partial charge >= 0.3 is 5.97 Å². The van der Waals surface area contributed by atoms with Gasteiger partial charge in [-0.25, -0.2) is 4.79 Å². The van der Waals surface area contributed by atoms with E-state index in [1.165, 1.54) is 22.3 Å². The van der Waals surface area contributed by atoms with Gasteiger partial charge in [-0.3, -0.25) is 9.59 Å². The average Bonchev–Trinajstić information content (AvgIpc) is 3.15. The molecule has 2 amide bonds. The number of hydrogen-bond acceptors (Lipinski definition) is 5. The highest BCUT2D eigenvalue weighted by Gasteiger charge is 2.22. The molecular weight excluding hydrogens is 332 g/mol. The van der Waals surface area contributed by atoms with Crippen molar-refractivity contribution < 1.29 is 23.9 Å². The minimum atomic E-state index is -1.08. The lowest BCUT2D eigenvalue weighted by Crippen LogP contribution is -2.45. The number of nitrogens with one attached hydrogen (secondary N) is 1. The number of amides is 2. The Morgan fingerprint density at radius 1 is 1.42 bits per heavy atom. The number of carboxylic acids is 1. The number of carboxylic acid groups (broad SMARTS) is 1. The Morgan fingerprint density at radius 3 is 2.67 bits per heavy atom. The van der Waals surface area contributed by atoms with Crippen LogP contribution in [0.4, 0.5) is 0 Å². The van der Waals surface area contributed by atoms with E-state index in [0.717, 1.165) is 0 Å². The number of furan rings is 1. The van der Waals surface area contributed by atoms with Gasteiger partial charge in [0.15, 0.2) is 0 Å². The van der Waals surface area contributed by atoms with Crippen LogP contribution in [-0.4, -0.2) is 40.9 Å². The zero-order valence-corrected chi connectivity index (χ0v) is 14.3. The van der Waals surface area contributed by atoms with E-state index in [2.05, 4.69) is 5.32 Å². The van der Waals surface area contributed by atoms with E-state index >= 15 is 0 Å². The lowest BCUT2D eigenvalue weighted by atomic mass is 10.2. The van der Waals surface area contributed by atoms with Crippen molar-refractivity contribution >= 4 is 29.1 Å². The summed E-state index contributed by atoms with van der Waals surface area (Å²) in [6.07, 6.45) is 0. The molecule has 24 heavy (non-hydrogen) atoms. The molecule has 0 aliphatic rings. The van der Waals surface area contributed by atoms with Crippen molar-refractivity contribution in [3.63, 3.8) is 0 Å². The summed E-state index contributed by atoms with van der Waals surface area (Å²) in [5.41, 5.74) is 0.0740. The van der Waals surface area contributed by atoms with Crippen LogP contribution < -0.4 is 5.32 Å². The molecule has 2 heterocycles. The van der Waals surface area contributed by atoms with Crippen LogP contribution >= 0.6 is 11.3 Å². The van der Waals surface area contributed by atoms with Crippen molar-refractivity contribution in [1.29, 1.82) is 0 Å². The van der Waals surface area contributed by atoms with Crippen molar-refractivity contribution in [2.24, 2.45) is 0 Å². The van der Waals surface area contributed by atoms with Gasteiger partial charge in [0.25, 0.3) is 5.91 Å². The topological polar surface area (TPSA) is 99.9 Å². The van der Waals surface area contributed by atoms with Crippen molar-refractivity contribution in [2.45, 2.75) is 26.4 Å². The second-order valence-corrected chi connectivity index (χ2v) is 6.30. The molecule has 1 atom stereocenters. The summed E-state index contributed by atoms with van der Waals surface area (Å²) in [4.78, 5) is 37.2. The number of aromatic carboxylic acids is 1. The van der Waals surface area contributed by atoms with E-state index in [-0.39, 0.29) is 29.7 Å². The van der Waals surface area contributed by atoms with E-state index in [0.29, 0.717) is 10.6 Å². The van der Waals surface area contributed by atoms with Crippen molar-refractivity contribution in [2.75, 3.05) is 7.05 Å². The van der Waals surface area contributed by atoms with E-state index < -0.39 is 12.0 Å². The molecule has 0 saturated carbocycles. The molecule has 0 aliphatic carbocycles. The van der Waals surface area contributed by atoms with Gasteiger partial charge in [-0.2, -0.15) is 0 Å². The maximum absolute atomic E-state index is 12.3. The number of aryl methyl sites for hydroxylation is 1. The Bertz CT molecular complexity index is 751. The molecule has 0 fully saturated rings. The predicted molar refractivity (Wildman–Crippen MR) is 88.1 cm³/mol. The van der Waals surface area contributed by atoms with Gasteiger partial charge in [0.1, 0.15) is 23.1 Å². The number of nitrogens with zero attached hydrogens (tertiary/aromatic N) is 1. The molecule has 2 N–H and O–H groups in total. The first-order chi connectivity index (χ1) is 11.3. The Morgan fingerprint density at radius 2 is 2.12 bits per heavy atom. The molecule has 8 heteroatoms. The zero-order valence-electron chi connectivity index (χ0n) is 13.5. The summed E-state index contributed by atoms with van der Waals surface area (Å²) in [5, 5.41) is 13.4. The minimum absolute atomic E-state index is 0.0740. The molecule has 1 unspecified atom stereocenters. The third kappa shape index (κ3) is 4.02. The third-order valence-corrected chi connectivity index (χ3v) is 4.30. The van der Waals surface area contributed by atoms with Crippen molar-refractivity contribution in [1.82, 2.24) is 10.2 Å². The molecule has 0 aromatic carbocycles. The fourth-order valence-electron chi connectivity index (χ4n) is 2.21. The van der Waals surface area contributed by atoms with Crippen LogP contribution in [0.15, 0.2) is 28.0 Å². The molecule has 128 valence electrons. The molecule has 0 saturated heterocycles. The number of rotatable bonds is 6. The van der Waals surface area contributed by atoms with Crippen LogP contribution in [0.3, 0.4) is 0 Å². The molecule has 2 rings (SSSR count). The second-order valence-electron chi connectivity index (χ2n) is 5.35. The highest BCUT2D eigenvalue weighted by Crippen LogP contribution is 2.16. The van der Waals surface area contributed by atoms with Gasteiger partial charge in [-0.15, -0.1) is 11.3 Å². The third-order valence-electron chi connectivity index (χ3n) is 3.43. The Kier molecular flexibility index (Phi) is 5.40. The molecule has 2 aromatic rings. The fourth-order valence-corrected chi connectivity index (χ4v) is 2.84. The number of likely N-dealkylation sites (N-methyl/N-ethyl adjacent to an activating group) is 1. The van der Waals surface area contributed by atoms with Crippen LogP contribution in [0.1, 0.15) is 38.5 Å². The van der Waals surface area contributed by atoms with Crippen molar-refractivity contribution in [3.05, 3.63) is 45.5 Å². The Labute approximate surface area is 142 Å². The molecule has 7 nitrogen and oxygen atoms in total. The lowest BCUT2D eigenvalue weighted by Gasteiger charge is -2.21. The van der Waals surface area contributed by atoms with E-state index in [9.17, 15) is 14.4 Å². The standard InChI is InChI=1S/C16H18N2O5S/c1-9(17-14(19)13-5-4-6-24-13)15(20)18(3)8-11-7-12(16(21)22)10(2)23-11/h4-7,9H,8H2,1-3H3,(H,17,19)(H,21,22). The Hall–Kier alpha value is -2.61. The van der Waals surface area contributed by atoms with Gasteiger partial charge in [0.2, 0.25) is 5.91 Å². The molecular formula is C16H18N2O5S. The van der Waals surface area contributed by atoms with Crippen LogP contribution in [0.2, 0.25) is 0 Å². The Balaban J connectivity index is 1.97. The molecule has 0 bridgehead atoms. The first-order valence-corrected chi connectivity index (χ1v) is 8.09. The minimum Gasteiger partial charge on any atom is -0.478 e. The number of hydrogen-bond donors (Lipinski definition) is 2. The maximum atomic E-state index is 12.3. The van der Waals surface area contributed by atoms with Crippen LogP contribution in [0.25, 0.3) is 0 Å². The molecule has 0 radical (unpaired) electrons. The maximum Gasteiger partial charge on any atom is 0.339 e. The lowest BCUT2D eigenvalue weighted by molar-refractivity contribution is -0.132. The van der Waals surface area contributed by atoms with Crippen molar-refractivity contribution in [3.8, 4) is 0 Å². The summed E-state index contributed by atoms with van der Waals surface area (Å²) in [5.74, 6) is -1.02. The van der Waals surface area contributed by atoms with Gasteiger partial charge in [-0.05, 0) is 31.4 Å². The summed E-state index contributed by atoms with van der Waals surface area (Å²) in [6.45, 7) is 3.27. The fraction of sp³-hybridized carbons (Fsp3) is 0.312. The van der Waals surface area contributed by atoms with E-state index in [1.807, 2.05) is 0 Å². The monoisotopic (exact) mass is 350 g/mol. The quantitative estimate of drug-likeness (QED) is 0.831. The highest BCUT2D eigenvalue weighted by atomic mass is 32.1. The normalized spacial score (nSPS) is 11.8. The molecule has 2 aromatic heterocycles. The summed E-state index contributed by atoms with van der Waals surface area (Å²) in [7, 11) is 1.56. The van der Waals surface area contributed by atoms with Crippen LogP contribution in [0, 0.1) is 6.92 Å². The number of carbonyl (C=O) groups is 3. The van der Waals surface area contributed by atoms with Gasteiger partial charge in [0, 0.05) is 7.05 Å². The van der Waals surface area contributed by atoms with Crippen LogP contribution in [0.5, 0.6) is 0 Å².